The van der Waals surface area contributed by atoms with Crippen LogP contribution in [0.2, 0.25) is 10.0 Å². The zero-order valence-corrected chi connectivity index (χ0v) is 22.3. The number of fused-ring (bicyclic) bond motifs is 1. The van der Waals surface area contributed by atoms with Gasteiger partial charge in [-0.2, -0.15) is 18.5 Å². The van der Waals surface area contributed by atoms with Crippen LogP contribution < -0.4 is 14.8 Å². The van der Waals surface area contributed by atoms with Crippen molar-refractivity contribution in [1.82, 2.24) is 0 Å². The summed E-state index contributed by atoms with van der Waals surface area (Å²) in [7, 11) is -4.18. The van der Waals surface area contributed by atoms with Crippen molar-refractivity contribution in [3.63, 3.8) is 0 Å². The molecule has 2 aromatic rings. The SMILES string of the molecule is CCN1/C(=C\C=C2\C(=O)N(c3ccccc3)N=C2C)N(CCC(C)S(=O)(=O)O)c2cc(Cl)c(Cl)cc21. The maximum atomic E-state index is 13.1. The van der Waals surface area contributed by atoms with E-state index in [1.165, 1.54) is 11.9 Å². The van der Waals surface area contributed by atoms with Gasteiger partial charge < -0.3 is 9.80 Å². The molecule has 2 heterocycles. The minimum absolute atomic E-state index is 0.172. The number of carbonyl (C=O) groups excluding carboxylic acids is 1. The van der Waals surface area contributed by atoms with Crippen molar-refractivity contribution in [2.45, 2.75) is 32.4 Å². The monoisotopic (exact) mass is 548 g/mol. The third-order valence-corrected chi connectivity index (χ3v) is 8.17. The number of nitrogens with zero attached hydrogens (tertiary/aromatic N) is 4. The fourth-order valence-electron chi connectivity index (χ4n) is 4.17. The van der Waals surface area contributed by atoms with Gasteiger partial charge in [-0.1, -0.05) is 41.4 Å². The molecule has 1 atom stereocenters. The van der Waals surface area contributed by atoms with Crippen LogP contribution in [0.15, 0.2) is 71.1 Å². The number of halogens is 2. The fraction of sp³-hybridized carbons (Fsp3) is 0.280. The van der Waals surface area contributed by atoms with E-state index in [2.05, 4.69) is 5.10 Å². The third-order valence-electron chi connectivity index (χ3n) is 6.20. The van der Waals surface area contributed by atoms with Gasteiger partial charge >= 0.3 is 0 Å². The van der Waals surface area contributed by atoms with Crippen molar-refractivity contribution >= 4 is 62.0 Å². The molecule has 0 aromatic heterocycles. The van der Waals surface area contributed by atoms with Crippen molar-refractivity contribution in [3.05, 3.63) is 76.1 Å². The number of hydrazone groups is 1. The molecule has 190 valence electrons. The summed E-state index contributed by atoms with van der Waals surface area (Å²) in [5.74, 6) is 0.478. The highest BCUT2D eigenvalue weighted by molar-refractivity contribution is 7.86. The van der Waals surface area contributed by atoms with E-state index >= 15 is 0 Å². The molecule has 0 spiro atoms. The van der Waals surface area contributed by atoms with Crippen LogP contribution in [0.4, 0.5) is 17.1 Å². The Kier molecular flexibility index (Phi) is 7.47. The van der Waals surface area contributed by atoms with Gasteiger partial charge in [0.1, 0.15) is 5.82 Å². The molecule has 4 rings (SSSR count). The molecule has 2 aliphatic heterocycles. The largest absolute Gasteiger partial charge is 0.326 e. The van der Waals surface area contributed by atoms with Crippen molar-refractivity contribution in [3.8, 4) is 0 Å². The molecule has 0 bridgehead atoms. The summed E-state index contributed by atoms with van der Waals surface area (Å²) < 4.78 is 32.7. The summed E-state index contributed by atoms with van der Waals surface area (Å²) in [6, 6.07) is 12.7. The normalized spacial score (nSPS) is 18.9. The Balaban J connectivity index is 1.73. The molecule has 36 heavy (non-hydrogen) atoms. The predicted octanol–water partition coefficient (Wildman–Crippen LogP) is 5.50. The lowest BCUT2D eigenvalue weighted by molar-refractivity contribution is -0.114. The van der Waals surface area contributed by atoms with E-state index in [1.54, 1.807) is 25.1 Å². The van der Waals surface area contributed by atoms with E-state index in [0.29, 0.717) is 33.6 Å². The molecular weight excluding hydrogens is 523 g/mol. The molecule has 2 aliphatic rings. The molecule has 1 amide bonds. The second kappa shape index (κ2) is 10.3. The highest BCUT2D eigenvalue weighted by Gasteiger charge is 2.33. The maximum absolute atomic E-state index is 13.1. The summed E-state index contributed by atoms with van der Waals surface area (Å²) in [5, 5.41) is 5.60. The summed E-state index contributed by atoms with van der Waals surface area (Å²) in [6.07, 6.45) is 3.70. The smallest absolute Gasteiger partial charge is 0.280 e. The van der Waals surface area contributed by atoms with Crippen LogP contribution in [0, 0.1) is 0 Å². The van der Waals surface area contributed by atoms with Crippen LogP contribution in [-0.2, 0) is 14.9 Å². The average molecular weight is 549 g/mol. The molecule has 1 N–H and O–H groups in total. The molecule has 1 unspecified atom stereocenters. The van der Waals surface area contributed by atoms with Gasteiger partial charge in [-0.15, -0.1) is 0 Å². The Morgan fingerprint density at radius 1 is 1.06 bits per heavy atom. The van der Waals surface area contributed by atoms with E-state index in [0.717, 1.165) is 17.2 Å². The highest BCUT2D eigenvalue weighted by atomic mass is 35.5. The van der Waals surface area contributed by atoms with Gasteiger partial charge in [0.15, 0.2) is 0 Å². The van der Waals surface area contributed by atoms with Gasteiger partial charge in [-0.05, 0) is 63.6 Å². The first kappa shape index (κ1) is 26.2. The highest BCUT2D eigenvalue weighted by Crippen LogP contribution is 2.45. The number of carbonyl (C=O) groups is 1. The van der Waals surface area contributed by atoms with Crippen molar-refractivity contribution < 1.29 is 17.8 Å². The molecule has 0 saturated heterocycles. The fourth-order valence-corrected chi connectivity index (χ4v) is 4.89. The molecule has 2 aromatic carbocycles. The molecular formula is C25H26Cl2N4O4S. The Morgan fingerprint density at radius 3 is 2.25 bits per heavy atom. The summed E-state index contributed by atoms with van der Waals surface area (Å²) in [5.41, 5.74) is 3.27. The number of para-hydroxylation sites is 1. The number of hydrogen-bond acceptors (Lipinski definition) is 6. The van der Waals surface area contributed by atoms with E-state index in [4.69, 9.17) is 23.2 Å². The van der Waals surface area contributed by atoms with E-state index < -0.39 is 15.4 Å². The molecule has 0 saturated carbocycles. The van der Waals surface area contributed by atoms with Crippen LogP contribution >= 0.6 is 23.2 Å². The zero-order chi connectivity index (χ0) is 26.2. The lowest BCUT2D eigenvalue weighted by Gasteiger charge is -2.25. The van der Waals surface area contributed by atoms with E-state index in [9.17, 15) is 17.8 Å². The zero-order valence-electron chi connectivity index (χ0n) is 20.0. The van der Waals surface area contributed by atoms with Crippen molar-refractivity contribution in [1.29, 1.82) is 0 Å². The number of anilines is 3. The lowest BCUT2D eigenvalue weighted by Crippen LogP contribution is -2.31. The number of benzene rings is 2. The Bertz CT molecular complexity index is 1390. The Morgan fingerprint density at radius 2 is 1.67 bits per heavy atom. The molecule has 0 aliphatic carbocycles. The number of allylic oxidation sites excluding steroid dienone is 2. The summed E-state index contributed by atoms with van der Waals surface area (Å²) in [4.78, 5) is 17.1. The van der Waals surface area contributed by atoms with Gasteiger partial charge in [-0.25, -0.2) is 0 Å². The number of rotatable bonds is 7. The third kappa shape index (κ3) is 5.01. The van der Waals surface area contributed by atoms with Crippen molar-refractivity contribution in [2.24, 2.45) is 5.10 Å². The van der Waals surface area contributed by atoms with E-state index in [1.807, 2.05) is 53.1 Å². The minimum atomic E-state index is -4.18. The van der Waals surface area contributed by atoms with Gasteiger partial charge in [0.25, 0.3) is 16.0 Å². The first-order chi connectivity index (χ1) is 17.0. The van der Waals surface area contributed by atoms with Crippen LogP contribution in [0.25, 0.3) is 0 Å². The number of amides is 1. The summed E-state index contributed by atoms with van der Waals surface area (Å²) in [6.45, 7) is 6.08. The second-order valence-corrected chi connectivity index (χ2v) is 11.2. The summed E-state index contributed by atoms with van der Waals surface area (Å²) >= 11 is 12.6. The molecule has 11 heteroatoms. The van der Waals surface area contributed by atoms with Crippen LogP contribution in [-0.4, -0.2) is 42.9 Å². The van der Waals surface area contributed by atoms with Gasteiger partial charge in [0.2, 0.25) is 0 Å². The van der Waals surface area contributed by atoms with Crippen LogP contribution in [0.1, 0.15) is 27.2 Å². The van der Waals surface area contributed by atoms with Crippen LogP contribution in [0.5, 0.6) is 0 Å². The molecule has 0 fully saturated rings. The first-order valence-corrected chi connectivity index (χ1v) is 13.7. The maximum Gasteiger partial charge on any atom is 0.280 e. The lowest BCUT2D eigenvalue weighted by atomic mass is 10.1. The van der Waals surface area contributed by atoms with Crippen LogP contribution in [0.3, 0.4) is 0 Å². The number of hydrogen-bond donors (Lipinski definition) is 1. The minimum Gasteiger partial charge on any atom is -0.326 e. The first-order valence-electron chi connectivity index (χ1n) is 11.4. The predicted molar refractivity (Wildman–Crippen MR) is 146 cm³/mol. The van der Waals surface area contributed by atoms with Gasteiger partial charge in [-0.3, -0.25) is 9.35 Å². The van der Waals surface area contributed by atoms with Crippen molar-refractivity contribution in [2.75, 3.05) is 27.9 Å². The van der Waals surface area contributed by atoms with E-state index in [-0.39, 0.29) is 18.9 Å². The van der Waals surface area contributed by atoms with Gasteiger partial charge in [0.05, 0.1) is 43.6 Å². The standard InChI is InChI=1S/C25H26Cl2N4O4S/c1-4-29-22-14-20(26)21(27)15-23(22)30(13-12-16(2)36(33,34)35)24(29)11-10-19-17(3)28-31(25(19)32)18-8-6-5-7-9-18/h5-11,14-16H,4,12-13H2,1-3H3,(H,33,34,35)/b19-10+,24-11+. The Labute approximate surface area is 220 Å². The quantitative estimate of drug-likeness (QED) is 0.362. The van der Waals surface area contributed by atoms with Gasteiger partial charge in [0, 0.05) is 13.1 Å². The molecule has 8 nitrogen and oxygen atoms in total. The molecule has 0 radical (unpaired) electrons. The second-order valence-electron chi connectivity index (χ2n) is 8.51. The average Bonchev–Trinajstić information content (AvgIpc) is 3.28. The topological polar surface area (TPSA) is 93.5 Å². The Hall–Kier alpha value is -2.85.